The van der Waals surface area contributed by atoms with Crippen LogP contribution in [0.3, 0.4) is 0 Å². The van der Waals surface area contributed by atoms with E-state index in [2.05, 4.69) is 5.32 Å². The normalized spacial score (nSPS) is 25.9. The lowest BCUT2D eigenvalue weighted by Crippen LogP contribution is -2.45. The number of amides is 2. The van der Waals surface area contributed by atoms with Gasteiger partial charge in [-0.25, -0.2) is 0 Å². The molecule has 0 spiro atoms. The Balaban J connectivity index is 1.74. The molecule has 0 unspecified atom stereocenters. The molecular weight excluding hydrogens is 306 g/mol. The van der Waals surface area contributed by atoms with E-state index in [-0.39, 0.29) is 35.0 Å². The Kier molecular flexibility index (Phi) is 3.70. The molecule has 24 heavy (non-hydrogen) atoms. The average Bonchev–Trinajstić information content (AvgIpc) is 2.89. The summed E-state index contributed by atoms with van der Waals surface area (Å²) in [5.41, 5.74) is 2.26. The summed E-state index contributed by atoms with van der Waals surface area (Å²) in [5.74, 6) is -0.202. The number of nitrogens with zero attached hydrogens (tertiary/aromatic N) is 2. The zero-order chi connectivity index (χ0) is 16.8. The van der Waals surface area contributed by atoms with E-state index in [9.17, 15) is 14.4 Å². The lowest BCUT2D eigenvalue weighted by Gasteiger charge is -2.28. The highest BCUT2D eigenvalue weighted by atomic mass is 16.2. The van der Waals surface area contributed by atoms with Crippen LogP contribution in [0, 0.1) is 0 Å². The van der Waals surface area contributed by atoms with Crippen LogP contribution in [0.1, 0.15) is 53.7 Å². The first kappa shape index (κ1) is 15.4. The van der Waals surface area contributed by atoms with Gasteiger partial charge in [-0.05, 0) is 50.2 Å². The van der Waals surface area contributed by atoms with Gasteiger partial charge in [0, 0.05) is 37.8 Å². The second-order valence-corrected chi connectivity index (χ2v) is 7.21. The van der Waals surface area contributed by atoms with Gasteiger partial charge in [0.05, 0.1) is 0 Å². The minimum absolute atomic E-state index is 0.00153. The SMILES string of the molecule is Cn1c2c(cc(C(=O)N3[C@@H]4CC[C@H]3CNC(=O)C4)c1=O)CCCC2. The van der Waals surface area contributed by atoms with Crippen molar-refractivity contribution < 1.29 is 9.59 Å². The van der Waals surface area contributed by atoms with Crippen molar-refractivity contribution in [2.75, 3.05) is 6.54 Å². The number of hydrogen-bond acceptors (Lipinski definition) is 3. The summed E-state index contributed by atoms with van der Waals surface area (Å²) in [5, 5.41) is 2.87. The molecule has 2 amide bonds. The molecule has 1 N–H and O–H groups in total. The number of rotatable bonds is 1. The maximum atomic E-state index is 13.2. The van der Waals surface area contributed by atoms with Gasteiger partial charge in [0.25, 0.3) is 11.5 Å². The van der Waals surface area contributed by atoms with Crippen LogP contribution in [0.5, 0.6) is 0 Å². The summed E-state index contributed by atoms with van der Waals surface area (Å²) in [6.07, 6.45) is 6.11. The Morgan fingerprint density at radius 3 is 2.75 bits per heavy atom. The first-order valence-corrected chi connectivity index (χ1v) is 8.87. The van der Waals surface area contributed by atoms with Crippen LogP contribution in [-0.4, -0.2) is 39.9 Å². The lowest BCUT2D eigenvalue weighted by atomic mass is 9.94. The molecule has 1 aromatic rings. The molecule has 0 aromatic carbocycles. The monoisotopic (exact) mass is 329 g/mol. The smallest absolute Gasteiger partial charge is 0.263 e. The van der Waals surface area contributed by atoms with Crippen molar-refractivity contribution in [1.29, 1.82) is 0 Å². The minimum atomic E-state index is -0.205. The van der Waals surface area contributed by atoms with Gasteiger partial charge in [0.15, 0.2) is 0 Å². The van der Waals surface area contributed by atoms with Crippen LogP contribution in [0.4, 0.5) is 0 Å². The van der Waals surface area contributed by atoms with Crippen molar-refractivity contribution in [2.24, 2.45) is 7.05 Å². The predicted octanol–water partition coefficient (Wildman–Crippen LogP) is 0.757. The summed E-state index contributed by atoms with van der Waals surface area (Å²) in [6, 6.07) is 1.75. The van der Waals surface area contributed by atoms with E-state index in [1.165, 1.54) is 0 Å². The molecule has 0 radical (unpaired) electrons. The number of carbonyl (C=O) groups is 2. The van der Waals surface area contributed by atoms with Crippen LogP contribution >= 0.6 is 0 Å². The summed E-state index contributed by atoms with van der Waals surface area (Å²) < 4.78 is 1.66. The number of aryl methyl sites for hydroxylation is 1. The highest BCUT2D eigenvalue weighted by molar-refractivity contribution is 5.95. The second-order valence-electron chi connectivity index (χ2n) is 7.21. The number of aromatic nitrogens is 1. The van der Waals surface area contributed by atoms with Gasteiger partial charge in [-0.2, -0.15) is 0 Å². The standard InChI is InChI=1S/C18H23N3O3/c1-20-15-5-3-2-4-11(15)8-14(17(20)23)18(24)21-12-6-7-13(21)10-19-16(22)9-12/h8,12-13H,2-7,9-10H2,1H3,(H,19,22)/t12-,13+/m1/s1. The number of fused-ring (bicyclic) bond motifs is 3. The van der Waals surface area contributed by atoms with Gasteiger partial charge in [-0.15, -0.1) is 0 Å². The molecule has 6 nitrogen and oxygen atoms in total. The summed E-state index contributed by atoms with van der Waals surface area (Å²) in [4.78, 5) is 39.5. The quantitative estimate of drug-likeness (QED) is 0.827. The van der Waals surface area contributed by atoms with Gasteiger partial charge in [-0.1, -0.05) is 0 Å². The van der Waals surface area contributed by atoms with Crippen LogP contribution in [0.25, 0.3) is 0 Å². The third-order valence-corrected chi connectivity index (χ3v) is 5.78. The minimum Gasteiger partial charge on any atom is -0.354 e. The Hall–Kier alpha value is -2.11. The van der Waals surface area contributed by atoms with Crippen molar-refractivity contribution in [2.45, 2.75) is 57.0 Å². The van der Waals surface area contributed by atoms with Crippen LogP contribution < -0.4 is 10.9 Å². The van der Waals surface area contributed by atoms with Crippen LogP contribution in [0.2, 0.25) is 0 Å². The molecule has 3 aliphatic rings. The largest absolute Gasteiger partial charge is 0.354 e. The van der Waals surface area contributed by atoms with Crippen molar-refractivity contribution in [3.8, 4) is 0 Å². The predicted molar refractivity (Wildman–Crippen MR) is 88.9 cm³/mol. The summed E-state index contributed by atoms with van der Waals surface area (Å²) >= 11 is 0. The molecule has 2 atom stereocenters. The number of hydrogen-bond donors (Lipinski definition) is 1. The molecular formula is C18H23N3O3. The molecule has 4 rings (SSSR count). The fraction of sp³-hybridized carbons (Fsp3) is 0.611. The fourth-order valence-corrected chi connectivity index (χ4v) is 4.49. The van der Waals surface area contributed by atoms with Crippen molar-refractivity contribution in [3.05, 3.63) is 33.2 Å². The zero-order valence-corrected chi connectivity index (χ0v) is 14.0. The van der Waals surface area contributed by atoms with E-state index in [1.807, 2.05) is 6.07 Å². The van der Waals surface area contributed by atoms with E-state index >= 15 is 0 Å². The van der Waals surface area contributed by atoms with Crippen LogP contribution in [0.15, 0.2) is 10.9 Å². The molecule has 1 aromatic heterocycles. The molecule has 6 heteroatoms. The number of nitrogens with one attached hydrogen (secondary N) is 1. The third kappa shape index (κ3) is 2.36. The van der Waals surface area contributed by atoms with E-state index < -0.39 is 0 Å². The van der Waals surface area contributed by atoms with E-state index in [1.54, 1.807) is 16.5 Å². The Labute approximate surface area is 140 Å². The van der Waals surface area contributed by atoms with E-state index in [0.29, 0.717) is 13.0 Å². The molecule has 3 heterocycles. The van der Waals surface area contributed by atoms with Gasteiger partial charge in [0.2, 0.25) is 5.91 Å². The topological polar surface area (TPSA) is 71.4 Å². The third-order valence-electron chi connectivity index (χ3n) is 5.78. The molecule has 2 saturated heterocycles. The van der Waals surface area contributed by atoms with Crippen molar-refractivity contribution in [1.82, 2.24) is 14.8 Å². The highest BCUT2D eigenvalue weighted by Crippen LogP contribution is 2.30. The Bertz CT molecular complexity index is 768. The van der Waals surface area contributed by atoms with Crippen molar-refractivity contribution >= 4 is 11.8 Å². The average molecular weight is 329 g/mol. The van der Waals surface area contributed by atoms with E-state index in [0.717, 1.165) is 49.8 Å². The van der Waals surface area contributed by atoms with E-state index in [4.69, 9.17) is 0 Å². The van der Waals surface area contributed by atoms with Crippen LogP contribution in [-0.2, 0) is 24.7 Å². The highest BCUT2D eigenvalue weighted by Gasteiger charge is 2.41. The van der Waals surface area contributed by atoms with Gasteiger partial charge in [-0.3, -0.25) is 14.4 Å². The van der Waals surface area contributed by atoms with Gasteiger partial charge < -0.3 is 14.8 Å². The summed E-state index contributed by atoms with van der Waals surface area (Å²) in [6.45, 7) is 0.492. The first-order chi connectivity index (χ1) is 11.6. The van der Waals surface area contributed by atoms with Crippen molar-refractivity contribution in [3.63, 3.8) is 0 Å². The lowest BCUT2D eigenvalue weighted by molar-refractivity contribution is -0.121. The fourth-order valence-electron chi connectivity index (χ4n) is 4.49. The number of pyridine rings is 1. The second kappa shape index (κ2) is 5.76. The molecule has 128 valence electrons. The first-order valence-electron chi connectivity index (χ1n) is 8.87. The molecule has 0 saturated carbocycles. The maximum Gasteiger partial charge on any atom is 0.263 e. The van der Waals surface area contributed by atoms with Gasteiger partial charge >= 0.3 is 0 Å². The molecule has 2 aliphatic heterocycles. The number of carbonyl (C=O) groups excluding carboxylic acids is 2. The Morgan fingerprint density at radius 2 is 1.92 bits per heavy atom. The maximum absolute atomic E-state index is 13.2. The van der Waals surface area contributed by atoms with Gasteiger partial charge in [0.1, 0.15) is 5.56 Å². The Morgan fingerprint density at radius 1 is 1.17 bits per heavy atom. The zero-order valence-electron chi connectivity index (χ0n) is 14.0. The molecule has 1 aliphatic carbocycles. The summed E-state index contributed by atoms with van der Waals surface area (Å²) in [7, 11) is 1.77. The molecule has 2 fully saturated rings. The molecule has 2 bridgehead atoms.